The van der Waals surface area contributed by atoms with Crippen molar-refractivity contribution in [1.82, 2.24) is 25.0 Å². The highest BCUT2D eigenvalue weighted by atomic mass is 127. The van der Waals surface area contributed by atoms with E-state index in [1.165, 1.54) is 16.7 Å². The van der Waals surface area contributed by atoms with E-state index in [9.17, 15) is 0 Å². The molecule has 3 heterocycles. The molecule has 136 valence electrons. The zero-order valence-electron chi connectivity index (χ0n) is 15.1. The van der Waals surface area contributed by atoms with Crippen LogP contribution in [-0.4, -0.2) is 52.3 Å². The van der Waals surface area contributed by atoms with Crippen LogP contribution in [0.15, 0.2) is 35.8 Å². The highest BCUT2D eigenvalue weighted by molar-refractivity contribution is 14.0. The highest BCUT2D eigenvalue weighted by Crippen LogP contribution is 2.26. The molecule has 0 spiro atoms. The Hall–Kier alpha value is -1.64. The largest absolute Gasteiger partial charge is 0.356 e. The summed E-state index contributed by atoms with van der Waals surface area (Å²) < 4.78 is 1.88. The molecule has 0 saturated carbocycles. The van der Waals surface area contributed by atoms with Crippen molar-refractivity contribution in [2.75, 3.05) is 26.7 Å². The number of rotatable bonds is 4. The van der Waals surface area contributed by atoms with E-state index in [2.05, 4.69) is 44.5 Å². The Morgan fingerprint density at radius 3 is 2.92 bits per heavy atom. The van der Waals surface area contributed by atoms with Crippen LogP contribution in [0.4, 0.5) is 0 Å². The topological polar surface area (TPSA) is 58.3 Å². The second kappa shape index (κ2) is 9.17. The number of nitrogens with zero attached hydrogens (tertiary/aromatic N) is 5. The van der Waals surface area contributed by atoms with Gasteiger partial charge in [-0.25, -0.2) is 0 Å². The van der Waals surface area contributed by atoms with E-state index in [1.54, 1.807) is 0 Å². The summed E-state index contributed by atoms with van der Waals surface area (Å²) in [6, 6.07) is 2.09. The Labute approximate surface area is 166 Å². The van der Waals surface area contributed by atoms with E-state index >= 15 is 0 Å². The molecular formula is C18H27IN6. The van der Waals surface area contributed by atoms with Gasteiger partial charge in [0.25, 0.3) is 0 Å². The Kier molecular flexibility index (Phi) is 7.22. The van der Waals surface area contributed by atoms with Crippen molar-refractivity contribution in [3.8, 4) is 0 Å². The van der Waals surface area contributed by atoms with Crippen LogP contribution in [0.1, 0.15) is 29.0 Å². The number of pyridine rings is 1. The number of aliphatic imine (C=N–C) groups is 1. The van der Waals surface area contributed by atoms with Gasteiger partial charge in [-0.1, -0.05) is 0 Å². The van der Waals surface area contributed by atoms with Crippen molar-refractivity contribution in [3.05, 3.63) is 47.5 Å². The average Bonchev–Trinajstić information content (AvgIpc) is 3.22. The van der Waals surface area contributed by atoms with Gasteiger partial charge in [-0.15, -0.1) is 24.0 Å². The lowest BCUT2D eigenvalue weighted by Crippen LogP contribution is -2.40. The SMILES string of the molecule is CN=C(NCCc1ccncc1C)N1CCC(c2cnn(C)c2)C1.I. The monoisotopic (exact) mass is 454 g/mol. The molecule has 1 saturated heterocycles. The van der Waals surface area contributed by atoms with Gasteiger partial charge in [0, 0.05) is 58.2 Å². The van der Waals surface area contributed by atoms with Gasteiger partial charge in [-0.2, -0.15) is 5.10 Å². The minimum absolute atomic E-state index is 0. The molecule has 1 fully saturated rings. The van der Waals surface area contributed by atoms with Crippen LogP contribution in [0, 0.1) is 6.92 Å². The number of hydrogen-bond donors (Lipinski definition) is 1. The van der Waals surface area contributed by atoms with Gasteiger partial charge in [-0.05, 0) is 42.5 Å². The summed E-state index contributed by atoms with van der Waals surface area (Å²) in [7, 11) is 3.83. The number of halogens is 1. The summed E-state index contributed by atoms with van der Waals surface area (Å²) in [5, 5.41) is 7.79. The number of likely N-dealkylation sites (tertiary alicyclic amines) is 1. The van der Waals surface area contributed by atoms with E-state index in [-0.39, 0.29) is 24.0 Å². The van der Waals surface area contributed by atoms with Crippen molar-refractivity contribution in [3.63, 3.8) is 0 Å². The summed E-state index contributed by atoms with van der Waals surface area (Å²) in [6.07, 6.45) is 10.0. The van der Waals surface area contributed by atoms with E-state index in [1.807, 2.05) is 37.4 Å². The van der Waals surface area contributed by atoms with Crippen molar-refractivity contribution in [2.24, 2.45) is 12.0 Å². The molecule has 1 atom stereocenters. The van der Waals surface area contributed by atoms with Gasteiger partial charge < -0.3 is 10.2 Å². The van der Waals surface area contributed by atoms with Crippen LogP contribution in [0.5, 0.6) is 0 Å². The summed E-state index contributed by atoms with van der Waals surface area (Å²) >= 11 is 0. The lowest BCUT2D eigenvalue weighted by Gasteiger charge is -2.21. The molecule has 1 aliphatic heterocycles. The predicted octanol–water partition coefficient (Wildman–Crippen LogP) is 2.35. The fraction of sp³-hybridized carbons (Fsp3) is 0.500. The third kappa shape index (κ3) is 4.93. The molecule has 0 radical (unpaired) electrons. The third-order valence-corrected chi connectivity index (χ3v) is 4.71. The molecule has 0 aromatic carbocycles. The average molecular weight is 454 g/mol. The van der Waals surface area contributed by atoms with Gasteiger partial charge >= 0.3 is 0 Å². The maximum Gasteiger partial charge on any atom is 0.193 e. The minimum atomic E-state index is 0. The third-order valence-electron chi connectivity index (χ3n) is 4.71. The maximum atomic E-state index is 4.46. The molecule has 2 aromatic rings. The molecular weight excluding hydrogens is 427 g/mol. The van der Waals surface area contributed by atoms with E-state index in [0.717, 1.165) is 38.4 Å². The molecule has 25 heavy (non-hydrogen) atoms. The smallest absolute Gasteiger partial charge is 0.193 e. The Morgan fingerprint density at radius 1 is 1.40 bits per heavy atom. The molecule has 2 aromatic heterocycles. The van der Waals surface area contributed by atoms with E-state index in [4.69, 9.17) is 0 Å². The number of nitrogens with one attached hydrogen (secondary N) is 1. The standard InChI is InChI=1S/C18H26N6.HI/c1-14-10-20-7-4-15(14)5-8-21-18(19-2)24-9-6-16(13-24)17-11-22-23(3)12-17;/h4,7,10-12,16H,5-6,8-9,13H2,1-3H3,(H,19,21);1H. The first kappa shape index (κ1) is 19.7. The molecule has 7 heteroatoms. The highest BCUT2D eigenvalue weighted by Gasteiger charge is 2.26. The minimum Gasteiger partial charge on any atom is -0.356 e. The molecule has 1 unspecified atom stereocenters. The predicted molar refractivity (Wildman–Crippen MR) is 112 cm³/mol. The molecule has 6 nitrogen and oxygen atoms in total. The second-order valence-electron chi connectivity index (χ2n) is 6.41. The number of guanidine groups is 1. The fourth-order valence-corrected chi connectivity index (χ4v) is 3.30. The molecule has 0 bridgehead atoms. The number of aryl methyl sites for hydroxylation is 2. The fourth-order valence-electron chi connectivity index (χ4n) is 3.30. The van der Waals surface area contributed by atoms with Crippen LogP contribution in [0.25, 0.3) is 0 Å². The van der Waals surface area contributed by atoms with Crippen molar-refractivity contribution in [1.29, 1.82) is 0 Å². The Bertz CT molecular complexity index is 711. The second-order valence-corrected chi connectivity index (χ2v) is 6.41. The van der Waals surface area contributed by atoms with Crippen LogP contribution in [0.2, 0.25) is 0 Å². The van der Waals surface area contributed by atoms with Crippen LogP contribution >= 0.6 is 24.0 Å². The zero-order chi connectivity index (χ0) is 16.9. The van der Waals surface area contributed by atoms with Gasteiger partial charge in [0.1, 0.15) is 0 Å². The van der Waals surface area contributed by atoms with Crippen LogP contribution < -0.4 is 5.32 Å². The summed E-state index contributed by atoms with van der Waals surface area (Å²) in [5.41, 5.74) is 3.90. The van der Waals surface area contributed by atoms with Crippen molar-refractivity contribution >= 4 is 29.9 Å². The van der Waals surface area contributed by atoms with Crippen molar-refractivity contribution in [2.45, 2.75) is 25.7 Å². The maximum absolute atomic E-state index is 4.46. The molecule has 0 amide bonds. The quantitative estimate of drug-likeness (QED) is 0.438. The van der Waals surface area contributed by atoms with Gasteiger partial charge in [0.05, 0.1) is 6.20 Å². The van der Waals surface area contributed by atoms with Crippen LogP contribution in [0.3, 0.4) is 0 Å². The zero-order valence-corrected chi connectivity index (χ0v) is 17.5. The van der Waals surface area contributed by atoms with E-state index < -0.39 is 0 Å². The summed E-state index contributed by atoms with van der Waals surface area (Å²) in [5.74, 6) is 1.53. The lowest BCUT2D eigenvalue weighted by atomic mass is 10.0. The molecule has 0 aliphatic carbocycles. The van der Waals surface area contributed by atoms with Gasteiger partial charge in [0.2, 0.25) is 0 Å². The first-order chi connectivity index (χ1) is 11.7. The van der Waals surface area contributed by atoms with Crippen molar-refractivity contribution < 1.29 is 0 Å². The Morgan fingerprint density at radius 2 is 2.24 bits per heavy atom. The molecule has 1 aliphatic rings. The number of aromatic nitrogens is 3. The van der Waals surface area contributed by atoms with Crippen LogP contribution in [-0.2, 0) is 13.5 Å². The van der Waals surface area contributed by atoms with E-state index in [0.29, 0.717) is 5.92 Å². The molecule has 1 N–H and O–H groups in total. The first-order valence-corrected chi connectivity index (χ1v) is 8.51. The Balaban J connectivity index is 0.00000225. The summed E-state index contributed by atoms with van der Waals surface area (Å²) in [4.78, 5) is 10.9. The molecule has 3 rings (SSSR count). The van der Waals surface area contributed by atoms with Gasteiger partial charge in [0.15, 0.2) is 5.96 Å². The first-order valence-electron chi connectivity index (χ1n) is 8.51. The number of hydrogen-bond acceptors (Lipinski definition) is 3. The lowest BCUT2D eigenvalue weighted by molar-refractivity contribution is 0.486. The summed E-state index contributed by atoms with van der Waals surface area (Å²) in [6.45, 7) is 5.02. The normalized spacial score (nSPS) is 17.5. The van der Waals surface area contributed by atoms with Gasteiger partial charge in [-0.3, -0.25) is 14.7 Å².